The van der Waals surface area contributed by atoms with Gasteiger partial charge in [-0.25, -0.2) is 0 Å². The average Bonchev–Trinajstić information content (AvgIpc) is 2.90. The van der Waals surface area contributed by atoms with Crippen LogP contribution in [0.25, 0.3) is 6.08 Å². The summed E-state index contributed by atoms with van der Waals surface area (Å²) in [6.07, 6.45) is 3.09. The number of alkyl halides is 3. The zero-order valence-electron chi connectivity index (χ0n) is 22.4. The number of piperidine rings is 1. The zero-order chi connectivity index (χ0) is 27.8. The second-order valence-corrected chi connectivity index (χ2v) is 19.1. The summed E-state index contributed by atoms with van der Waals surface area (Å²) in [5.74, 6) is 0.705. The van der Waals surface area contributed by atoms with Crippen molar-refractivity contribution >= 4 is 86.6 Å². The van der Waals surface area contributed by atoms with Crippen LogP contribution < -0.4 is 10.1 Å². The van der Waals surface area contributed by atoms with Gasteiger partial charge in [0.1, 0.15) is 0 Å². The number of fused-ring (bicyclic) bond motifs is 1. The number of hydrogen-bond donors (Lipinski definition) is 1. The first-order valence-electron chi connectivity index (χ1n) is 12.3. The predicted octanol–water partition coefficient (Wildman–Crippen LogP) is 6.09. The summed E-state index contributed by atoms with van der Waals surface area (Å²) in [7, 11) is 3.21. The molecule has 1 atom stereocenters. The molecule has 38 heavy (non-hydrogen) atoms. The number of halogens is 3. The Morgan fingerprint density at radius 3 is 2.42 bits per heavy atom. The molecule has 0 radical (unpaired) electrons. The Labute approximate surface area is 258 Å². The number of likely N-dealkylation sites (tertiary alicyclic amines) is 1. The third kappa shape index (κ3) is 5.71. The zero-order valence-corrected chi connectivity index (χ0v) is 28.9. The molecule has 0 unspecified atom stereocenters. The second-order valence-electron chi connectivity index (χ2n) is 9.50. The quantitative estimate of drug-likeness (QED) is 0.156. The van der Waals surface area contributed by atoms with E-state index in [1.807, 2.05) is 15.9 Å². The first kappa shape index (κ1) is 29.9. The fourth-order valence-electron chi connectivity index (χ4n) is 5.14. The first-order chi connectivity index (χ1) is 18.0. The van der Waals surface area contributed by atoms with Crippen molar-refractivity contribution in [3.63, 3.8) is 0 Å². The Morgan fingerprint density at radius 1 is 1.18 bits per heavy atom. The van der Waals surface area contributed by atoms with Crippen molar-refractivity contribution in [2.24, 2.45) is 0 Å². The number of benzene rings is 1. The number of aromatic nitrogens is 2. The molecule has 0 spiro atoms. The molecule has 0 aliphatic carbocycles. The van der Waals surface area contributed by atoms with Gasteiger partial charge >= 0.3 is 261 Å². The molecule has 0 bridgehead atoms. The molecule has 8 nitrogen and oxygen atoms in total. The van der Waals surface area contributed by atoms with Crippen LogP contribution in [-0.2, 0) is 14.3 Å². The summed E-state index contributed by atoms with van der Waals surface area (Å²) in [5, 5.41) is 3.62. The van der Waals surface area contributed by atoms with Gasteiger partial charge < -0.3 is 0 Å². The van der Waals surface area contributed by atoms with E-state index in [0.717, 1.165) is 9.26 Å². The van der Waals surface area contributed by atoms with Gasteiger partial charge in [0, 0.05) is 0 Å². The van der Waals surface area contributed by atoms with Crippen LogP contribution in [0, 0.1) is 10.6 Å². The van der Waals surface area contributed by atoms with Crippen LogP contribution >= 0.6 is 65.0 Å². The standard InChI is InChI=1S/C27H33I3N4O4/c1-15-18(8-7-9-19(15)22(28)29)16(2)31-25-20-14-21(24(36)30(4)23(20)32-26(33-25)37-5)27(38-6)10-12-34(13-11-27)17(3)35/h7-9,14,16,22H,10-13H2,1-6H3,(H,31,32,33)/t16-/m1/s1. The maximum absolute atomic E-state index is 13.8. The van der Waals surface area contributed by atoms with E-state index in [4.69, 9.17) is 14.5 Å². The van der Waals surface area contributed by atoms with Gasteiger partial charge in [-0.2, -0.15) is 0 Å². The van der Waals surface area contributed by atoms with E-state index < -0.39 is 25.4 Å². The van der Waals surface area contributed by atoms with Gasteiger partial charge in [0.2, 0.25) is 0 Å². The number of rotatable bonds is 7. The van der Waals surface area contributed by atoms with Crippen LogP contribution in [0.4, 0.5) is 5.82 Å². The summed E-state index contributed by atoms with van der Waals surface area (Å²) in [6, 6.07) is 6.63. The number of hydrogen-bond acceptors (Lipinski definition) is 7. The Hall–Kier alpha value is -1.07. The number of nitrogens with zero attached hydrogens (tertiary/aromatic N) is 3. The Morgan fingerprint density at radius 2 is 1.84 bits per heavy atom. The molecule has 1 saturated heterocycles. The van der Waals surface area contributed by atoms with Crippen molar-refractivity contribution in [1.82, 2.24) is 14.9 Å². The van der Waals surface area contributed by atoms with E-state index in [2.05, 4.69) is 87.5 Å². The minimum absolute atomic E-state index is 0.0334. The Kier molecular flexibility index (Phi) is 9.60. The molecule has 1 N–H and O–H groups in total. The van der Waals surface area contributed by atoms with Crippen molar-refractivity contribution in [3.05, 3.63) is 49.7 Å². The summed E-state index contributed by atoms with van der Waals surface area (Å²) < 4.78 is 12.8. The van der Waals surface area contributed by atoms with Crippen molar-refractivity contribution in [3.8, 4) is 6.01 Å². The van der Waals surface area contributed by atoms with Crippen LogP contribution in [0.5, 0.6) is 6.01 Å². The Bertz CT molecular complexity index is 1280. The number of nitrogens with one attached hydrogen (secondary N) is 1. The SMILES string of the molecule is COc1nc(N[C@H](C)c2cccc(C(I)I)c2C)c2c(n1)I(C)C(=O)C(C1(OC)CCN(C(C)=O)CC1)=C2. The van der Waals surface area contributed by atoms with E-state index >= 15 is 0 Å². The molecule has 0 saturated carbocycles. The number of carbonyl (C=O) groups excluding carboxylic acids is 2. The third-order valence-electron chi connectivity index (χ3n) is 7.46. The molecule has 2 aliphatic heterocycles. The molecule has 206 valence electrons. The molecular weight excluding hydrogens is 825 g/mol. The normalized spacial score (nSPS) is 18.7. The molecule has 2 aliphatic rings. The number of carbonyl (C=O) groups is 2. The van der Waals surface area contributed by atoms with E-state index in [1.54, 1.807) is 21.1 Å². The second kappa shape index (κ2) is 12.2. The molecule has 4 rings (SSSR count). The van der Waals surface area contributed by atoms with E-state index in [-0.39, 0.29) is 21.7 Å². The van der Waals surface area contributed by atoms with Gasteiger partial charge in [-0.1, -0.05) is 0 Å². The molecule has 3 heterocycles. The van der Waals surface area contributed by atoms with Crippen molar-refractivity contribution in [2.45, 2.75) is 47.2 Å². The van der Waals surface area contributed by atoms with Gasteiger partial charge in [0.05, 0.1) is 0 Å². The monoisotopic (exact) mass is 858 g/mol. The van der Waals surface area contributed by atoms with E-state index in [1.165, 1.54) is 16.7 Å². The van der Waals surface area contributed by atoms with Crippen molar-refractivity contribution in [1.29, 1.82) is 0 Å². The van der Waals surface area contributed by atoms with Gasteiger partial charge in [0.15, 0.2) is 0 Å². The topological polar surface area (TPSA) is 93.7 Å². The molecule has 2 aromatic rings. The van der Waals surface area contributed by atoms with Gasteiger partial charge in [-0.05, 0) is 0 Å². The number of amides is 1. The summed E-state index contributed by atoms with van der Waals surface area (Å²) in [6.45, 7) is 6.98. The first-order valence-corrected chi connectivity index (χ1v) is 19.1. The maximum atomic E-state index is 13.8. The van der Waals surface area contributed by atoms with Crippen LogP contribution in [0.15, 0.2) is 23.8 Å². The molecular formula is C27H33I3N4O4. The molecule has 1 fully saturated rings. The predicted molar refractivity (Wildman–Crippen MR) is 175 cm³/mol. The fourth-order valence-corrected chi connectivity index (χ4v) is 10.3. The summed E-state index contributed by atoms with van der Waals surface area (Å²) in [4.78, 5) is 38.9. The minimum atomic E-state index is -2.39. The molecule has 1 amide bonds. The average molecular weight is 858 g/mol. The molecule has 11 heteroatoms. The van der Waals surface area contributed by atoms with E-state index in [0.29, 0.717) is 39.3 Å². The van der Waals surface area contributed by atoms with E-state index in [9.17, 15) is 9.59 Å². The molecule has 1 aromatic heterocycles. The third-order valence-corrected chi connectivity index (χ3v) is 13.2. The fraction of sp³-hybridized carbons (Fsp3) is 0.481. The van der Waals surface area contributed by atoms with Crippen molar-refractivity contribution < 1.29 is 19.1 Å². The Balaban J connectivity index is 1.78. The number of anilines is 1. The summed E-state index contributed by atoms with van der Waals surface area (Å²) >= 11 is 2.48. The summed E-state index contributed by atoms with van der Waals surface area (Å²) in [5.41, 5.74) is 4.55. The number of methoxy groups -OCH3 is 2. The van der Waals surface area contributed by atoms with Crippen LogP contribution in [-0.4, -0.2) is 62.4 Å². The van der Waals surface area contributed by atoms with Crippen LogP contribution in [0.1, 0.15) is 56.9 Å². The van der Waals surface area contributed by atoms with Gasteiger partial charge in [0.25, 0.3) is 0 Å². The molecule has 1 aromatic carbocycles. The van der Waals surface area contributed by atoms with Gasteiger partial charge in [-0.15, -0.1) is 0 Å². The van der Waals surface area contributed by atoms with Crippen LogP contribution in [0.2, 0.25) is 0 Å². The van der Waals surface area contributed by atoms with Gasteiger partial charge in [-0.3, -0.25) is 0 Å². The number of ether oxygens (including phenoxy) is 2. The van der Waals surface area contributed by atoms with Crippen LogP contribution in [0.3, 0.4) is 0 Å². The van der Waals surface area contributed by atoms with Crippen molar-refractivity contribution in [2.75, 3.05) is 37.6 Å².